The van der Waals surface area contributed by atoms with Crippen LogP contribution < -0.4 is 5.73 Å². The molecular formula is C8H9N5O3. The van der Waals surface area contributed by atoms with Crippen LogP contribution in [0.4, 0.5) is 5.82 Å². The molecule has 0 saturated carbocycles. The lowest BCUT2D eigenvalue weighted by Crippen LogP contribution is -2.09. The van der Waals surface area contributed by atoms with Crippen LogP contribution in [0.3, 0.4) is 0 Å². The molecule has 2 aromatic rings. The standard InChI is InChI=1S/C8H9N5O3/c1-16-3-5-11-8-10-2-4(7(14)15)6(9)13(8)12-5/h2H,3,9H2,1H3,(H,14,15). The molecular weight excluding hydrogens is 214 g/mol. The van der Waals surface area contributed by atoms with E-state index in [4.69, 9.17) is 15.6 Å². The van der Waals surface area contributed by atoms with Crippen LogP contribution in [-0.4, -0.2) is 37.8 Å². The quantitative estimate of drug-likeness (QED) is 0.723. The highest BCUT2D eigenvalue weighted by Gasteiger charge is 2.14. The lowest BCUT2D eigenvalue weighted by Gasteiger charge is -2.00. The second kappa shape index (κ2) is 3.74. The number of anilines is 1. The molecule has 2 rings (SSSR count). The molecule has 8 heteroatoms. The summed E-state index contributed by atoms with van der Waals surface area (Å²) in [6.45, 7) is 0.213. The largest absolute Gasteiger partial charge is 0.477 e. The third kappa shape index (κ3) is 1.54. The minimum absolute atomic E-state index is 0.00708. The van der Waals surface area contributed by atoms with Gasteiger partial charge in [-0.05, 0) is 0 Å². The zero-order valence-electron chi connectivity index (χ0n) is 8.41. The Hall–Kier alpha value is -2.22. The zero-order chi connectivity index (χ0) is 11.7. The first kappa shape index (κ1) is 10.3. The van der Waals surface area contributed by atoms with Crippen molar-refractivity contribution in [2.75, 3.05) is 12.8 Å². The van der Waals surface area contributed by atoms with Gasteiger partial charge in [0.2, 0.25) is 0 Å². The van der Waals surface area contributed by atoms with E-state index in [1.807, 2.05) is 0 Å². The maximum Gasteiger partial charge on any atom is 0.341 e. The molecule has 0 bridgehead atoms. The van der Waals surface area contributed by atoms with E-state index in [9.17, 15) is 4.79 Å². The minimum atomic E-state index is -1.16. The fourth-order valence-corrected chi connectivity index (χ4v) is 1.25. The van der Waals surface area contributed by atoms with Crippen molar-refractivity contribution in [1.82, 2.24) is 19.6 Å². The van der Waals surface area contributed by atoms with Crippen LogP contribution in [0.1, 0.15) is 16.2 Å². The van der Waals surface area contributed by atoms with Crippen molar-refractivity contribution >= 4 is 17.6 Å². The molecule has 0 spiro atoms. The third-order valence-electron chi connectivity index (χ3n) is 1.95. The number of aromatic carboxylic acids is 1. The Labute approximate surface area is 89.7 Å². The Balaban J connectivity index is 2.60. The van der Waals surface area contributed by atoms with Crippen LogP contribution in [0.5, 0.6) is 0 Å². The molecule has 2 aromatic heterocycles. The number of nitrogens with zero attached hydrogens (tertiary/aromatic N) is 4. The lowest BCUT2D eigenvalue weighted by atomic mass is 10.3. The number of carbonyl (C=O) groups is 1. The van der Waals surface area contributed by atoms with Crippen molar-refractivity contribution in [3.8, 4) is 0 Å². The van der Waals surface area contributed by atoms with Gasteiger partial charge in [0.25, 0.3) is 5.78 Å². The maximum absolute atomic E-state index is 10.8. The van der Waals surface area contributed by atoms with Gasteiger partial charge in [-0.2, -0.15) is 9.50 Å². The van der Waals surface area contributed by atoms with E-state index in [2.05, 4.69) is 15.1 Å². The molecule has 0 aliphatic heterocycles. The topological polar surface area (TPSA) is 116 Å². The Bertz CT molecular complexity index is 550. The highest BCUT2D eigenvalue weighted by atomic mass is 16.5. The van der Waals surface area contributed by atoms with Crippen molar-refractivity contribution in [1.29, 1.82) is 0 Å². The van der Waals surface area contributed by atoms with Gasteiger partial charge in [0.1, 0.15) is 18.0 Å². The number of methoxy groups -OCH3 is 1. The molecule has 84 valence electrons. The number of aromatic nitrogens is 4. The molecule has 0 fully saturated rings. The van der Waals surface area contributed by atoms with Crippen LogP contribution in [0.25, 0.3) is 5.78 Å². The molecule has 0 atom stereocenters. The molecule has 0 aliphatic carbocycles. The predicted molar refractivity (Wildman–Crippen MR) is 52.9 cm³/mol. The second-order valence-corrected chi connectivity index (χ2v) is 3.04. The highest BCUT2D eigenvalue weighted by molar-refractivity contribution is 5.92. The van der Waals surface area contributed by atoms with Gasteiger partial charge in [0.15, 0.2) is 5.82 Å². The summed E-state index contributed by atoms with van der Waals surface area (Å²) in [4.78, 5) is 18.6. The SMILES string of the molecule is COCc1nc2ncc(C(=O)O)c(N)n2n1. The molecule has 0 radical (unpaired) electrons. The highest BCUT2D eigenvalue weighted by Crippen LogP contribution is 2.11. The first-order chi connectivity index (χ1) is 7.63. The number of nitrogens with two attached hydrogens (primary N) is 1. The van der Waals surface area contributed by atoms with Crippen LogP contribution in [0, 0.1) is 0 Å². The summed E-state index contributed by atoms with van der Waals surface area (Å²) in [7, 11) is 1.51. The Morgan fingerprint density at radius 1 is 1.69 bits per heavy atom. The van der Waals surface area contributed by atoms with Gasteiger partial charge in [-0.3, -0.25) is 0 Å². The van der Waals surface area contributed by atoms with Gasteiger partial charge in [0.05, 0.1) is 0 Å². The molecule has 0 amide bonds. The summed E-state index contributed by atoms with van der Waals surface area (Å²) in [5.41, 5.74) is 5.52. The smallest absolute Gasteiger partial charge is 0.341 e. The fourth-order valence-electron chi connectivity index (χ4n) is 1.25. The van der Waals surface area contributed by atoms with Crippen LogP contribution in [0.2, 0.25) is 0 Å². The van der Waals surface area contributed by atoms with Crippen LogP contribution in [-0.2, 0) is 11.3 Å². The third-order valence-corrected chi connectivity index (χ3v) is 1.95. The first-order valence-corrected chi connectivity index (χ1v) is 4.36. The number of carboxylic acids is 1. The average Bonchev–Trinajstić information content (AvgIpc) is 2.62. The summed E-state index contributed by atoms with van der Waals surface area (Å²) in [5, 5.41) is 12.8. The molecule has 0 aromatic carbocycles. The second-order valence-electron chi connectivity index (χ2n) is 3.04. The first-order valence-electron chi connectivity index (χ1n) is 4.36. The molecule has 2 heterocycles. The summed E-state index contributed by atoms with van der Waals surface area (Å²) < 4.78 is 6.03. The van der Waals surface area contributed by atoms with Gasteiger partial charge >= 0.3 is 5.97 Å². The van der Waals surface area contributed by atoms with E-state index < -0.39 is 5.97 Å². The summed E-state index contributed by atoms with van der Waals surface area (Å²) in [6.07, 6.45) is 1.15. The van der Waals surface area contributed by atoms with Gasteiger partial charge < -0.3 is 15.6 Å². The molecule has 0 saturated heterocycles. The molecule has 3 N–H and O–H groups in total. The van der Waals surface area contributed by atoms with Crippen molar-refractivity contribution in [3.05, 3.63) is 17.6 Å². The number of nitrogen functional groups attached to an aromatic ring is 1. The van der Waals surface area contributed by atoms with Crippen molar-refractivity contribution < 1.29 is 14.6 Å². The number of hydrogen-bond donors (Lipinski definition) is 2. The summed E-state index contributed by atoms with van der Waals surface area (Å²) in [6, 6.07) is 0. The predicted octanol–water partition coefficient (Wildman–Crippen LogP) is -0.449. The van der Waals surface area contributed by atoms with Crippen LogP contribution in [0.15, 0.2) is 6.20 Å². The Morgan fingerprint density at radius 3 is 3.06 bits per heavy atom. The Morgan fingerprint density at radius 2 is 2.44 bits per heavy atom. The number of rotatable bonds is 3. The Kier molecular flexibility index (Phi) is 2.41. The van der Waals surface area contributed by atoms with Crippen molar-refractivity contribution in [3.63, 3.8) is 0 Å². The number of carboxylic acid groups (broad SMARTS) is 1. The van der Waals surface area contributed by atoms with Gasteiger partial charge in [-0.15, -0.1) is 5.10 Å². The van der Waals surface area contributed by atoms with Crippen molar-refractivity contribution in [2.45, 2.75) is 6.61 Å². The van der Waals surface area contributed by atoms with E-state index in [1.54, 1.807) is 0 Å². The number of hydrogen-bond acceptors (Lipinski definition) is 6. The number of ether oxygens (including phenoxy) is 1. The maximum atomic E-state index is 10.8. The molecule has 8 nitrogen and oxygen atoms in total. The van der Waals surface area contributed by atoms with E-state index in [0.29, 0.717) is 5.82 Å². The summed E-state index contributed by atoms with van der Waals surface area (Å²) in [5.74, 6) is -0.526. The van der Waals surface area contributed by atoms with Gasteiger partial charge in [-0.25, -0.2) is 9.78 Å². The lowest BCUT2D eigenvalue weighted by molar-refractivity contribution is 0.0697. The normalized spacial score (nSPS) is 10.8. The minimum Gasteiger partial charge on any atom is -0.477 e. The van der Waals surface area contributed by atoms with E-state index in [-0.39, 0.29) is 23.8 Å². The average molecular weight is 223 g/mol. The number of fused-ring (bicyclic) bond motifs is 1. The van der Waals surface area contributed by atoms with E-state index in [0.717, 1.165) is 6.20 Å². The van der Waals surface area contributed by atoms with Crippen molar-refractivity contribution in [2.24, 2.45) is 0 Å². The monoisotopic (exact) mass is 223 g/mol. The molecule has 0 aliphatic rings. The molecule has 16 heavy (non-hydrogen) atoms. The molecule has 0 unspecified atom stereocenters. The van der Waals surface area contributed by atoms with E-state index in [1.165, 1.54) is 11.6 Å². The summed E-state index contributed by atoms with van der Waals surface area (Å²) >= 11 is 0. The van der Waals surface area contributed by atoms with E-state index >= 15 is 0 Å². The van der Waals surface area contributed by atoms with Crippen LogP contribution >= 0.6 is 0 Å². The van der Waals surface area contributed by atoms with Gasteiger partial charge in [0, 0.05) is 13.3 Å². The fraction of sp³-hybridized carbons (Fsp3) is 0.250. The zero-order valence-corrected chi connectivity index (χ0v) is 8.41. The van der Waals surface area contributed by atoms with Gasteiger partial charge in [-0.1, -0.05) is 0 Å².